The minimum Gasteiger partial charge on any atom is -0.310 e. The van der Waals surface area contributed by atoms with E-state index >= 15 is 0 Å². The molecule has 1 N–H and O–H groups in total. The molecule has 0 fully saturated rings. The van der Waals surface area contributed by atoms with Crippen LogP contribution in [0.3, 0.4) is 0 Å². The second-order valence-corrected chi connectivity index (χ2v) is 8.12. The van der Waals surface area contributed by atoms with Gasteiger partial charge in [-0.15, -0.1) is 11.3 Å². The van der Waals surface area contributed by atoms with Crippen molar-refractivity contribution in [3.8, 4) is 0 Å². The van der Waals surface area contributed by atoms with Crippen molar-refractivity contribution in [2.45, 2.75) is 26.3 Å². The highest BCUT2D eigenvalue weighted by atomic mass is 127. The summed E-state index contributed by atoms with van der Waals surface area (Å²) in [5, 5.41) is 3.61. The second kappa shape index (κ2) is 7.20. The smallest absolute Gasteiger partial charge is 0.0701 e. The van der Waals surface area contributed by atoms with Crippen LogP contribution in [0.1, 0.15) is 29.0 Å². The van der Waals surface area contributed by atoms with Crippen LogP contribution in [0.15, 0.2) is 34.1 Å². The Morgan fingerprint density at radius 3 is 2.74 bits per heavy atom. The summed E-state index contributed by atoms with van der Waals surface area (Å²) in [4.78, 5) is 1.41. The fourth-order valence-corrected chi connectivity index (χ4v) is 4.40. The molecule has 0 aliphatic heterocycles. The molecule has 0 aliphatic carbocycles. The lowest BCUT2D eigenvalue weighted by Crippen LogP contribution is -2.23. The van der Waals surface area contributed by atoms with Gasteiger partial charge in [0.15, 0.2) is 0 Å². The minimum absolute atomic E-state index is 0.391. The molecule has 2 aromatic rings. The topological polar surface area (TPSA) is 12.0 Å². The molecule has 1 heterocycles. The van der Waals surface area contributed by atoms with E-state index in [1.165, 1.54) is 23.4 Å². The summed E-state index contributed by atoms with van der Waals surface area (Å²) < 4.78 is 2.58. The van der Waals surface area contributed by atoms with E-state index in [4.69, 9.17) is 0 Å². The number of aryl methyl sites for hydroxylation is 1. The van der Waals surface area contributed by atoms with Gasteiger partial charge in [0.25, 0.3) is 0 Å². The zero-order chi connectivity index (χ0) is 13.8. The highest BCUT2D eigenvalue weighted by Gasteiger charge is 2.16. The first kappa shape index (κ1) is 15.5. The monoisotopic (exact) mass is 449 g/mol. The predicted octanol–water partition coefficient (Wildman–Crippen LogP) is 5.32. The Morgan fingerprint density at radius 1 is 1.32 bits per heavy atom. The lowest BCUT2D eigenvalue weighted by atomic mass is 10.0. The van der Waals surface area contributed by atoms with Crippen molar-refractivity contribution < 1.29 is 0 Å². The zero-order valence-corrected chi connectivity index (χ0v) is 15.6. The van der Waals surface area contributed by atoms with Gasteiger partial charge in [-0.25, -0.2) is 0 Å². The van der Waals surface area contributed by atoms with Crippen LogP contribution in [0.4, 0.5) is 0 Å². The van der Waals surface area contributed by atoms with E-state index in [9.17, 15) is 0 Å². The molecular formula is C15H17BrINS. The van der Waals surface area contributed by atoms with E-state index in [1.54, 1.807) is 0 Å². The number of likely N-dealkylation sites (N-methyl/N-ethyl adjacent to an activating group) is 1. The Bertz CT molecular complexity index is 553. The van der Waals surface area contributed by atoms with Gasteiger partial charge in [0.2, 0.25) is 0 Å². The summed E-state index contributed by atoms with van der Waals surface area (Å²) in [5.41, 5.74) is 2.76. The number of hydrogen-bond acceptors (Lipinski definition) is 2. The third kappa shape index (κ3) is 4.03. The molecule has 1 unspecified atom stereocenters. The third-order valence-corrected chi connectivity index (χ3v) is 6.20. The number of nitrogens with one attached hydrogen (secondary N) is 1. The molecule has 4 heteroatoms. The van der Waals surface area contributed by atoms with Gasteiger partial charge >= 0.3 is 0 Å². The Hall–Kier alpha value is 0.0900. The Morgan fingerprint density at radius 2 is 2.11 bits per heavy atom. The summed E-state index contributed by atoms with van der Waals surface area (Å²) in [6.45, 7) is 5.33. The zero-order valence-electron chi connectivity index (χ0n) is 11.0. The van der Waals surface area contributed by atoms with E-state index in [0.29, 0.717) is 6.04 Å². The molecule has 1 atom stereocenters. The van der Waals surface area contributed by atoms with Crippen LogP contribution in [0.5, 0.6) is 0 Å². The van der Waals surface area contributed by atoms with Gasteiger partial charge in [-0.2, -0.15) is 0 Å². The lowest BCUT2D eigenvalue weighted by molar-refractivity contribution is 0.551. The fraction of sp³-hybridized carbons (Fsp3) is 0.333. The summed E-state index contributed by atoms with van der Waals surface area (Å²) in [7, 11) is 0. The molecule has 0 bridgehead atoms. The molecular weight excluding hydrogens is 433 g/mol. The molecule has 0 saturated carbocycles. The normalized spacial score (nSPS) is 12.6. The maximum Gasteiger partial charge on any atom is 0.0701 e. The Balaban J connectivity index is 2.26. The van der Waals surface area contributed by atoms with Crippen molar-refractivity contribution in [2.75, 3.05) is 6.54 Å². The van der Waals surface area contributed by atoms with Crippen molar-refractivity contribution in [3.63, 3.8) is 0 Å². The molecule has 0 amide bonds. The van der Waals surface area contributed by atoms with Gasteiger partial charge in [-0.05, 0) is 75.2 Å². The van der Waals surface area contributed by atoms with Crippen LogP contribution < -0.4 is 5.32 Å². The molecule has 0 aliphatic rings. The van der Waals surface area contributed by atoms with Crippen LogP contribution in [-0.4, -0.2) is 6.54 Å². The first-order chi connectivity index (χ1) is 9.11. The van der Waals surface area contributed by atoms with Crippen LogP contribution in [0.2, 0.25) is 0 Å². The average molecular weight is 450 g/mol. The number of hydrogen-bond donors (Lipinski definition) is 1. The van der Waals surface area contributed by atoms with Gasteiger partial charge < -0.3 is 5.32 Å². The van der Waals surface area contributed by atoms with E-state index < -0.39 is 0 Å². The highest BCUT2D eigenvalue weighted by molar-refractivity contribution is 14.1. The van der Waals surface area contributed by atoms with Gasteiger partial charge in [-0.1, -0.05) is 25.1 Å². The van der Waals surface area contributed by atoms with E-state index in [0.717, 1.165) is 13.0 Å². The number of benzene rings is 1. The summed E-state index contributed by atoms with van der Waals surface area (Å²) in [6.07, 6.45) is 1.05. The molecule has 2 rings (SSSR count). The van der Waals surface area contributed by atoms with Crippen LogP contribution in [0, 0.1) is 10.5 Å². The largest absolute Gasteiger partial charge is 0.310 e. The van der Waals surface area contributed by atoms with Crippen molar-refractivity contribution in [1.82, 2.24) is 5.32 Å². The lowest BCUT2D eigenvalue weighted by Gasteiger charge is -2.20. The third-order valence-electron chi connectivity index (χ3n) is 3.08. The molecule has 1 aromatic carbocycles. The summed E-state index contributed by atoms with van der Waals surface area (Å²) in [5.74, 6) is 0. The first-order valence-electron chi connectivity index (χ1n) is 6.34. The van der Waals surface area contributed by atoms with Gasteiger partial charge in [0.1, 0.15) is 0 Å². The second-order valence-electron chi connectivity index (χ2n) is 4.50. The van der Waals surface area contributed by atoms with Crippen molar-refractivity contribution in [2.24, 2.45) is 0 Å². The van der Waals surface area contributed by atoms with Crippen molar-refractivity contribution >= 4 is 49.9 Å². The average Bonchev–Trinajstić information content (AvgIpc) is 2.78. The van der Waals surface area contributed by atoms with Crippen LogP contribution in [0.25, 0.3) is 0 Å². The maximum absolute atomic E-state index is 3.61. The van der Waals surface area contributed by atoms with Crippen molar-refractivity contribution in [3.05, 3.63) is 53.7 Å². The molecule has 0 radical (unpaired) electrons. The van der Waals surface area contributed by atoms with Gasteiger partial charge in [0, 0.05) is 20.9 Å². The molecule has 1 aromatic heterocycles. The first-order valence-corrected chi connectivity index (χ1v) is 9.03. The van der Waals surface area contributed by atoms with Gasteiger partial charge in [-0.3, -0.25) is 0 Å². The number of rotatable bonds is 5. The molecule has 1 nitrogen and oxygen atoms in total. The maximum atomic E-state index is 3.61. The number of halogens is 2. The predicted molar refractivity (Wildman–Crippen MR) is 96.0 cm³/mol. The van der Waals surface area contributed by atoms with Crippen LogP contribution in [-0.2, 0) is 6.42 Å². The Kier molecular flexibility index (Phi) is 5.87. The van der Waals surface area contributed by atoms with E-state index in [2.05, 4.69) is 88.0 Å². The van der Waals surface area contributed by atoms with Crippen LogP contribution >= 0.6 is 49.9 Å². The Labute approximate surface area is 141 Å². The molecule has 102 valence electrons. The SMILES string of the molecule is CCNC(Cc1ccc(Br)s1)c1cccc(C)c1I. The minimum atomic E-state index is 0.391. The summed E-state index contributed by atoms with van der Waals surface area (Å²) in [6, 6.07) is 11.3. The number of thiophene rings is 1. The van der Waals surface area contributed by atoms with Gasteiger partial charge in [0.05, 0.1) is 3.79 Å². The fourth-order valence-electron chi connectivity index (χ4n) is 2.14. The van der Waals surface area contributed by atoms with E-state index in [-0.39, 0.29) is 0 Å². The molecule has 0 saturated heterocycles. The molecule has 0 spiro atoms. The standard InChI is InChI=1S/C15H17BrINS/c1-3-18-13(9-11-7-8-14(16)19-11)12-6-4-5-10(2)15(12)17/h4-8,13,18H,3,9H2,1-2H3. The summed E-state index contributed by atoms with van der Waals surface area (Å²) >= 11 is 7.82. The van der Waals surface area contributed by atoms with E-state index in [1.807, 2.05) is 11.3 Å². The highest BCUT2D eigenvalue weighted by Crippen LogP contribution is 2.29. The molecule has 19 heavy (non-hydrogen) atoms. The van der Waals surface area contributed by atoms with Crippen molar-refractivity contribution in [1.29, 1.82) is 0 Å². The quantitative estimate of drug-likeness (QED) is 0.609.